The summed E-state index contributed by atoms with van der Waals surface area (Å²) in [6, 6.07) is 8.21. The molecular formula is C18H27N3O3. The smallest absolute Gasteiger partial charge is 0.317 e. The van der Waals surface area contributed by atoms with E-state index in [4.69, 9.17) is 4.74 Å². The lowest BCUT2D eigenvalue weighted by molar-refractivity contribution is 0.0829. The second-order valence-corrected chi connectivity index (χ2v) is 6.62. The Balaban J connectivity index is 1.51. The zero-order chi connectivity index (χ0) is 16.9. The molecule has 1 aromatic rings. The molecule has 2 fully saturated rings. The number of benzene rings is 1. The van der Waals surface area contributed by atoms with Crippen LogP contribution in [0.2, 0.25) is 0 Å². The minimum atomic E-state index is -0.378. The van der Waals surface area contributed by atoms with Crippen molar-refractivity contribution < 1.29 is 14.6 Å². The number of piperidine rings is 2. The van der Waals surface area contributed by atoms with E-state index in [2.05, 4.69) is 16.3 Å². The fraction of sp³-hybridized carbons (Fsp3) is 0.611. The lowest BCUT2D eigenvalue weighted by atomic mass is 10.0. The predicted octanol–water partition coefficient (Wildman–Crippen LogP) is 1.83. The fourth-order valence-electron chi connectivity index (χ4n) is 3.56. The second-order valence-electron chi connectivity index (χ2n) is 6.62. The van der Waals surface area contributed by atoms with Crippen LogP contribution in [0, 0.1) is 0 Å². The van der Waals surface area contributed by atoms with Crippen LogP contribution >= 0.6 is 0 Å². The Hall–Kier alpha value is -1.95. The van der Waals surface area contributed by atoms with Gasteiger partial charge >= 0.3 is 6.03 Å². The van der Waals surface area contributed by atoms with E-state index in [-0.39, 0.29) is 18.2 Å². The van der Waals surface area contributed by atoms with Crippen molar-refractivity contribution in [1.82, 2.24) is 10.2 Å². The Labute approximate surface area is 143 Å². The number of carbonyl (C=O) groups is 1. The molecule has 2 N–H and O–H groups in total. The minimum absolute atomic E-state index is 0.0375. The van der Waals surface area contributed by atoms with Gasteiger partial charge in [0.2, 0.25) is 0 Å². The number of aliphatic hydroxyl groups is 1. The average Bonchev–Trinajstić information content (AvgIpc) is 2.62. The molecule has 3 rings (SSSR count). The Morgan fingerprint density at radius 2 is 1.96 bits per heavy atom. The highest BCUT2D eigenvalue weighted by Crippen LogP contribution is 2.29. The second kappa shape index (κ2) is 7.75. The zero-order valence-corrected chi connectivity index (χ0v) is 14.3. The summed E-state index contributed by atoms with van der Waals surface area (Å²) in [6.45, 7) is 2.98. The van der Waals surface area contributed by atoms with Gasteiger partial charge in [-0.1, -0.05) is 12.1 Å². The number of para-hydroxylation sites is 2. The number of methoxy groups -OCH3 is 1. The van der Waals surface area contributed by atoms with E-state index in [1.807, 2.05) is 18.2 Å². The first-order chi connectivity index (χ1) is 11.7. The number of likely N-dealkylation sites (tertiary alicyclic amines) is 1. The molecule has 2 amide bonds. The number of anilines is 1. The SMILES string of the molecule is COc1ccccc1N1CCC(NC(=O)N2CCCC(O)C2)CC1. The summed E-state index contributed by atoms with van der Waals surface area (Å²) in [5.41, 5.74) is 1.11. The van der Waals surface area contributed by atoms with Gasteiger partial charge in [0.05, 0.1) is 18.9 Å². The standard InChI is InChI=1S/C18H27N3O3/c1-24-17-7-3-2-6-16(17)20-11-8-14(9-12-20)19-18(23)21-10-4-5-15(22)13-21/h2-3,6-7,14-15,22H,4-5,8-13H2,1H3,(H,19,23). The number of nitrogens with one attached hydrogen (secondary N) is 1. The van der Waals surface area contributed by atoms with E-state index in [9.17, 15) is 9.90 Å². The molecule has 2 aliphatic rings. The molecule has 132 valence electrons. The summed E-state index contributed by atoms with van der Waals surface area (Å²) in [5, 5.41) is 12.8. The molecule has 2 saturated heterocycles. The molecule has 0 aliphatic carbocycles. The van der Waals surface area contributed by atoms with Gasteiger partial charge in [-0.3, -0.25) is 0 Å². The van der Waals surface area contributed by atoms with Crippen LogP contribution < -0.4 is 15.0 Å². The van der Waals surface area contributed by atoms with Crippen LogP contribution in [0.5, 0.6) is 5.75 Å². The van der Waals surface area contributed by atoms with E-state index in [1.54, 1.807) is 12.0 Å². The number of aliphatic hydroxyl groups excluding tert-OH is 1. The van der Waals surface area contributed by atoms with Crippen LogP contribution in [0.1, 0.15) is 25.7 Å². The van der Waals surface area contributed by atoms with Gasteiger partial charge in [-0.2, -0.15) is 0 Å². The van der Waals surface area contributed by atoms with Crippen molar-refractivity contribution in [2.75, 3.05) is 38.2 Å². The summed E-state index contributed by atoms with van der Waals surface area (Å²) in [7, 11) is 1.69. The van der Waals surface area contributed by atoms with Crippen molar-refractivity contribution in [3.8, 4) is 5.75 Å². The monoisotopic (exact) mass is 333 g/mol. The van der Waals surface area contributed by atoms with Crippen LogP contribution in [0.3, 0.4) is 0 Å². The van der Waals surface area contributed by atoms with Crippen molar-refractivity contribution in [2.45, 2.75) is 37.8 Å². The normalized spacial score (nSPS) is 22.3. The Morgan fingerprint density at radius 1 is 1.21 bits per heavy atom. The molecule has 1 unspecified atom stereocenters. The molecule has 2 aliphatic heterocycles. The molecule has 0 bridgehead atoms. The number of urea groups is 1. The number of ether oxygens (including phenoxy) is 1. The van der Waals surface area contributed by atoms with Gasteiger partial charge in [-0.15, -0.1) is 0 Å². The van der Waals surface area contributed by atoms with Gasteiger partial charge in [-0.25, -0.2) is 4.79 Å². The van der Waals surface area contributed by atoms with E-state index in [1.165, 1.54) is 0 Å². The first kappa shape index (κ1) is 16.9. The van der Waals surface area contributed by atoms with E-state index < -0.39 is 0 Å². The van der Waals surface area contributed by atoms with Crippen LogP contribution in [-0.2, 0) is 0 Å². The summed E-state index contributed by atoms with van der Waals surface area (Å²) >= 11 is 0. The molecule has 1 aromatic carbocycles. The highest BCUT2D eigenvalue weighted by Gasteiger charge is 2.26. The number of carbonyl (C=O) groups excluding carboxylic acids is 1. The first-order valence-electron chi connectivity index (χ1n) is 8.79. The average molecular weight is 333 g/mol. The predicted molar refractivity (Wildman–Crippen MR) is 93.6 cm³/mol. The van der Waals surface area contributed by atoms with Crippen LogP contribution in [0.25, 0.3) is 0 Å². The molecule has 6 heteroatoms. The number of β-amino-alcohol motifs (C(OH)–C–C–N with tert-alkyl or cyclic N) is 1. The van der Waals surface area contributed by atoms with Gasteiger partial charge in [0.15, 0.2) is 0 Å². The number of rotatable bonds is 3. The first-order valence-corrected chi connectivity index (χ1v) is 8.79. The molecule has 1 atom stereocenters. The highest BCUT2D eigenvalue weighted by molar-refractivity contribution is 5.74. The molecule has 0 aromatic heterocycles. The molecule has 0 radical (unpaired) electrons. The van der Waals surface area contributed by atoms with Crippen molar-refractivity contribution >= 4 is 11.7 Å². The van der Waals surface area contributed by atoms with Crippen LogP contribution in [0.4, 0.5) is 10.5 Å². The summed E-state index contributed by atoms with van der Waals surface area (Å²) in [6.07, 6.45) is 3.12. The largest absolute Gasteiger partial charge is 0.495 e. The lowest BCUT2D eigenvalue weighted by Gasteiger charge is -2.36. The molecular weight excluding hydrogens is 306 g/mol. The van der Waals surface area contributed by atoms with Crippen LogP contribution in [0.15, 0.2) is 24.3 Å². The number of hydrogen-bond donors (Lipinski definition) is 2. The Morgan fingerprint density at radius 3 is 2.67 bits per heavy atom. The quantitative estimate of drug-likeness (QED) is 0.886. The number of amides is 2. The van der Waals surface area contributed by atoms with Gasteiger partial charge in [0.25, 0.3) is 0 Å². The zero-order valence-electron chi connectivity index (χ0n) is 14.3. The van der Waals surface area contributed by atoms with Crippen molar-refractivity contribution in [3.63, 3.8) is 0 Å². The van der Waals surface area contributed by atoms with Crippen LogP contribution in [-0.4, -0.2) is 61.5 Å². The van der Waals surface area contributed by atoms with Crippen molar-refractivity contribution in [2.24, 2.45) is 0 Å². The highest BCUT2D eigenvalue weighted by atomic mass is 16.5. The molecule has 0 saturated carbocycles. The third-order valence-electron chi connectivity index (χ3n) is 4.93. The van der Waals surface area contributed by atoms with Gasteiger partial charge in [0.1, 0.15) is 5.75 Å². The maximum Gasteiger partial charge on any atom is 0.317 e. The van der Waals surface area contributed by atoms with Crippen molar-refractivity contribution in [3.05, 3.63) is 24.3 Å². The van der Waals surface area contributed by atoms with Gasteiger partial charge in [-0.05, 0) is 37.8 Å². The lowest BCUT2D eigenvalue weighted by Crippen LogP contribution is -2.52. The van der Waals surface area contributed by atoms with E-state index >= 15 is 0 Å². The minimum Gasteiger partial charge on any atom is -0.495 e. The Kier molecular flexibility index (Phi) is 5.45. The third kappa shape index (κ3) is 3.93. The third-order valence-corrected chi connectivity index (χ3v) is 4.93. The van der Waals surface area contributed by atoms with E-state index in [0.29, 0.717) is 6.54 Å². The summed E-state index contributed by atoms with van der Waals surface area (Å²) in [4.78, 5) is 16.4. The van der Waals surface area contributed by atoms with E-state index in [0.717, 1.165) is 56.8 Å². The maximum absolute atomic E-state index is 12.3. The molecule has 0 spiro atoms. The topological polar surface area (TPSA) is 65.0 Å². The summed E-state index contributed by atoms with van der Waals surface area (Å²) < 4.78 is 5.44. The fourth-order valence-corrected chi connectivity index (χ4v) is 3.56. The molecule has 6 nitrogen and oxygen atoms in total. The van der Waals surface area contributed by atoms with Gasteiger partial charge < -0.3 is 25.0 Å². The summed E-state index contributed by atoms with van der Waals surface area (Å²) in [5.74, 6) is 0.891. The molecule has 24 heavy (non-hydrogen) atoms. The number of nitrogens with zero attached hydrogens (tertiary/aromatic N) is 2. The molecule has 2 heterocycles. The van der Waals surface area contributed by atoms with Crippen molar-refractivity contribution in [1.29, 1.82) is 0 Å². The van der Waals surface area contributed by atoms with Gasteiger partial charge in [0, 0.05) is 32.2 Å². The Bertz CT molecular complexity index is 558. The maximum atomic E-state index is 12.3. The number of hydrogen-bond acceptors (Lipinski definition) is 4.